The Morgan fingerprint density at radius 2 is 1.89 bits per heavy atom. The van der Waals surface area contributed by atoms with Crippen molar-refractivity contribution >= 4 is 18.0 Å². The van der Waals surface area contributed by atoms with Gasteiger partial charge in [0, 0.05) is 37.0 Å². The number of aryl methyl sites for hydroxylation is 2. The van der Waals surface area contributed by atoms with E-state index in [-0.39, 0.29) is 18.6 Å². The molecule has 0 saturated carbocycles. The molecule has 1 aromatic heterocycles. The molecule has 2 rings (SSSR count). The van der Waals surface area contributed by atoms with Gasteiger partial charge in [0.1, 0.15) is 0 Å². The Balaban J connectivity index is 1.94. The number of esters is 1. The van der Waals surface area contributed by atoms with E-state index < -0.39 is 5.97 Å². The molecule has 0 atom stereocenters. The van der Waals surface area contributed by atoms with Crippen molar-refractivity contribution in [1.82, 2.24) is 14.7 Å². The largest absolute Gasteiger partial charge is 0.452 e. The summed E-state index contributed by atoms with van der Waals surface area (Å²) >= 11 is 0. The van der Waals surface area contributed by atoms with Gasteiger partial charge in [-0.15, -0.1) is 0 Å². The number of rotatable bonds is 7. The van der Waals surface area contributed by atoms with E-state index in [1.165, 1.54) is 6.08 Å². The molecule has 6 heteroatoms. The molecule has 27 heavy (non-hydrogen) atoms. The van der Waals surface area contributed by atoms with Gasteiger partial charge in [-0.05, 0) is 39.3 Å². The van der Waals surface area contributed by atoms with Crippen molar-refractivity contribution in [2.45, 2.75) is 40.3 Å². The Labute approximate surface area is 160 Å². The fourth-order valence-electron chi connectivity index (χ4n) is 2.79. The SMILES string of the molecule is Cc1nn(C)c(C)c1/C=C/C(=O)OCC(=O)N(Cc1ccccc1)C(C)C. The zero-order chi connectivity index (χ0) is 20.0. The average Bonchev–Trinajstić information content (AvgIpc) is 2.88. The van der Waals surface area contributed by atoms with Gasteiger partial charge in [-0.2, -0.15) is 5.10 Å². The smallest absolute Gasteiger partial charge is 0.331 e. The molecule has 0 N–H and O–H groups in total. The minimum absolute atomic E-state index is 0.00708. The molecule has 0 fully saturated rings. The van der Waals surface area contributed by atoms with Gasteiger partial charge in [-0.25, -0.2) is 4.79 Å². The van der Waals surface area contributed by atoms with E-state index in [0.29, 0.717) is 6.54 Å². The summed E-state index contributed by atoms with van der Waals surface area (Å²) in [5, 5.41) is 4.30. The third-order valence-corrected chi connectivity index (χ3v) is 4.43. The fourth-order valence-corrected chi connectivity index (χ4v) is 2.79. The van der Waals surface area contributed by atoms with E-state index in [1.54, 1.807) is 15.7 Å². The van der Waals surface area contributed by atoms with Gasteiger partial charge in [-0.1, -0.05) is 30.3 Å². The highest BCUT2D eigenvalue weighted by Gasteiger charge is 2.18. The van der Waals surface area contributed by atoms with Crippen LogP contribution < -0.4 is 0 Å². The number of nitrogens with zero attached hydrogens (tertiary/aromatic N) is 3. The first kappa shape index (κ1) is 20.4. The van der Waals surface area contributed by atoms with Crippen molar-refractivity contribution in [2.75, 3.05) is 6.61 Å². The maximum absolute atomic E-state index is 12.5. The standard InChI is InChI=1S/C21H27N3O3/c1-15(2)24(13-18-9-7-6-8-10-18)20(25)14-27-21(26)12-11-19-16(3)22-23(5)17(19)4/h6-12,15H,13-14H2,1-5H3/b12-11+. The molecule has 0 aliphatic carbocycles. The predicted octanol–water partition coefficient (Wildman–Crippen LogP) is 3.03. The lowest BCUT2D eigenvalue weighted by Gasteiger charge is -2.26. The molecule has 144 valence electrons. The van der Waals surface area contributed by atoms with Gasteiger partial charge in [0.15, 0.2) is 6.61 Å². The Bertz CT molecular complexity index is 823. The molecule has 2 aromatic rings. The minimum Gasteiger partial charge on any atom is -0.452 e. The maximum atomic E-state index is 12.5. The average molecular weight is 369 g/mol. The van der Waals surface area contributed by atoms with Crippen LogP contribution in [0.3, 0.4) is 0 Å². The molecule has 0 aliphatic rings. The van der Waals surface area contributed by atoms with Gasteiger partial charge in [-0.3, -0.25) is 9.48 Å². The number of carbonyl (C=O) groups is 2. The molecule has 1 heterocycles. The maximum Gasteiger partial charge on any atom is 0.331 e. The van der Waals surface area contributed by atoms with Crippen LogP contribution >= 0.6 is 0 Å². The van der Waals surface area contributed by atoms with Crippen LogP contribution in [-0.2, 0) is 27.9 Å². The Kier molecular flexibility index (Phi) is 6.93. The summed E-state index contributed by atoms with van der Waals surface area (Å²) in [7, 11) is 1.85. The molecule has 0 bridgehead atoms. The zero-order valence-electron chi connectivity index (χ0n) is 16.6. The quantitative estimate of drug-likeness (QED) is 0.556. The van der Waals surface area contributed by atoms with Crippen molar-refractivity contribution in [1.29, 1.82) is 0 Å². The molecular formula is C21H27N3O3. The van der Waals surface area contributed by atoms with Gasteiger partial charge >= 0.3 is 5.97 Å². The highest BCUT2D eigenvalue weighted by atomic mass is 16.5. The van der Waals surface area contributed by atoms with Crippen LogP contribution in [-0.4, -0.2) is 39.2 Å². The van der Waals surface area contributed by atoms with E-state index in [2.05, 4.69) is 5.10 Å². The van der Waals surface area contributed by atoms with E-state index in [4.69, 9.17) is 4.74 Å². The first-order chi connectivity index (χ1) is 12.8. The molecular weight excluding hydrogens is 342 g/mol. The molecule has 0 spiro atoms. The summed E-state index contributed by atoms with van der Waals surface area (Å²) in [5.74, 6) is -0.765. The lowest BCUT2D eigenvalue weighted by Crippen LogP contribution is -2.39. The number of hydrogen-bond acceptors (Lipinski definition) is 4. The summed E-state index contributed by atoms with van der Waals surface area (Å²) in [5.41, 5.74) is 3.72. The highest BCUT2D eigenvalue weighted by molar-refractivity contribution is 5.89. The second-order valence-corrected chi connectivity index (χ2v) is 6.75. The van der Waals surface area contributed by atoms with Crippen molar-refractivity contribution < 1.29 is 14.3 Å². The minimum atomic E-state index is -0.547. The fraction of sp³-hybridized carbons (Fsp3) is 0.381. The lowest BCUT2D eigenvalue weighted by molar-refractivity contribution is -0.149. The van der Waals surface area contributed by atoms with Crippen LogP contribution in [0.2, 0.25) is 0 Å². The molecule has 0 aliphatic heterocycles. The number of hydrogen-bond donors (Lipinski definition) is 0. The first-order valence-corrected chi connectivity index (χ1v) is 8.98. The Morgan fingerprint density at radius 3 is 2.44 bits per heavy atom. The van der Waals surface area contributed by atoms with Crippen LogP contribution in [0.5, 0.6) is 0 Å². The van der Waals surface area contributed by atoms with Crippen molar-refractivity contribution in [2.24, 2.45) is 7.05 Å². The molecule has 0 radical (unpaired) electrons. The molecule has 6 nitrogen and oxygen atoms in total. The zero-order valence-corrected chi connectivity index (χ0v) is 16.6. The van der Waals surface area contributed by atoms with Crippen LogP contribution in [0.1, 0.15) is 36.4 Å². The summed E-state index contributed by atoms with van der Waals surface area (Å²) in [6.45, 7) is 7.90. The molecule has 1 aromatic carbocycles. The van der Waals surface area contributed by atoms with Crippen LogP contribution in [0.15, 0.2) is 36.4 Å². The number of amides is 1. The summed E-state index contributed by atoms with van der Waals surface area (Å²) < 4.78 is 6.89. The lowest BCUT2D eigenvalue weighted by atomic mass is 10.2. The van der Waals surface area contributed by atoms with Gasteiger partial charge < -0.3 is 9.64 Å². The Morgan fingerprint density at radius 1 is 1.22 bits per heavy atom. The molecule has 0 saturated heterocycles. The van der Waals surface area contributed by atoms with Crippen molar-refractivity contribution in [3.63, 3.8) is 0 Å². The van der Waals surface area contributed by atoms with Crippen LogP contribution in [0.4, 0.5) is 0 Å². The third-order valence-electron chi connectivity index (χ3n) is 4.43. The normalized spacial score (nSPS) is 11.2. The van der Waals surface area contributed by atoms with E-state index in [9.17, 15) is 9.59 Å². The van der Waals surface area contributed by atoms with Crippen LogP contribution in [0, 0.1) is 13.8 Å². The van der Waals surface area contributed by atoms with E-state index >= 15 is 0 Å². The second-order valence-electron chi connectivity index (χ2n) is 6.75. The van der Waals surface area contributed by atoms with E-state index in [1.807, 2.05) is 65.1 Å². The van der Waals surface area contributed by atoms with E-state index in [0.717, 1.165) is 22.5 Å². The van der Waals surface area contributed by atoms with Crippen molar-refractivity contribution in [3.05, 3.63) is 58.9 Å². The third kappa shape index (κ3) is 5.54. The highest BCUT2D eigenvalue weighted by Crippen LogP contribution is 2.14. The number of carbonyl (C=O) groups excluding carboxylic acids is 2. The second kappa shape index (κ2) is 9.16. The number of benzene rings is 1. The summed E-state index contributed by atoms with van der Waals surface area (Å²) in [6.07, 6.45) is 3.01. The topological polar surface area (TPSA) is 64.4 Å². The summed E-state index contributed by atoms with van der Waals surface area (Å²) in [4.78, 5) is 26.2. The molecule has 0 unspecified atom stereocenters. The summed E-state index contributed by atoms with van der Waals surface area (Å²) in [6, 6.07) is 9.75. The monoisotopic (exact) mass is 369 g/mol. The first-order valence-electron chi connectivity index (χ1n) is 8.98. The van der Waals surface area contributed by atoms with Gasteiger partial charge in [0.05, 0.1) is 5.69 Å². The number of aromatic nitrogens is 2. The number of ether oxygens (including phenoxy) is 1. The van der Waals surface area contributed by atoms with Crippen molar-refractivity contribution in [3.8, 4) is 0 Å². The van der Waals surface area contributed by atoms with Gasteiger partial charge in [0.25, 0.3) is 5.91 Å². The molecule has 1 amide bonds. The van der Waals surface area contributed by atoms with Crippen LogP contribution in [0.25, 0.3) is 6.08 Å². The Hall–Kier alpha value is -2.89. The predicted molar refractivity (Wildman–Crippen MR) is 105 cm³/mol. The van der Waals surface area contributed by atoms with Gasteiger partial charge in [0.2, 0.25) is 0 Å².